The van der Waals surface area contributed by atoms with Gasteiger partial charge in [0.25, 0.3) is 0 Å². The van der Waals surface area contributed by atoms with E-state index in [4.69, 9.17) is 32.7 Å². The molecule has 3 rings (SSSR count). The van der Waals surface area contributed by atoms with Crippen LogP contribution in [0.25, 0.3) is 0 Å². The van der Waals surface area contributed by atoms with Crippen molar-refractivity contribution in [1.82, 2.24) is 15.1 Å². The second-order valence-corrected chi connectivity index (χ2v) is 9.37. The van der Waals surface area contributed by atoms with E-state index in [9.17, 15) is 9.59 Å². The quantitative estimate of drug-likeness (QED) is 0.323. The van der Waals surface area contributed by atoms with Gasteiger partial charge in [0.1, 0.15) is 39.9 Å². The maximum absolute atomic E-state index is 13.1. The highest BCUT2D eigenvalue weighted by Gasteiger charge is 2.23. The van der Waals surface area contributed by atoms with Gasteiger partial charge in [0.15, 0.2) is 0 Å². The van der Waals surface area contributed by atoms with E-state index in [1.54, 1.807) is 13.1 Å². The standard InChI is InChI=1S/C26H31Cl2N7O4/c1-7-22(36)32-17-10-15(13-34(2)3)8-9-16(17)31-20-12-21(30-14-29-20)35(4)26(37)33-25-23(27)18(38-5)11-19(39-6)24(25)28/h7-12,29,31H,1,13-14H2,2-6H3,(H,32,36)(H,33,37). The van der Waals surface area contributed by atoms with E-state index in [0.717, 1.165) is 5.56 Å². The molecule has 1 heterocycles. The predicted octanol–water partition coefficient (Wildman–Crippen LogP) is 4.57. The van der Waals surface area contributed by atoms with Gasteiger partial charge in [-0.3, -0.25) is 9.69 Å². The number of likely N-dealkylation sites (N-methyl/N-ethyl adjacent to an activating group) is 1. The maximum atomic E-state index is 13.1. The van der Waals surface area contributed by atoms with Gasteiger partial charge in [-0.1, -0.05) is 35.8 Å². The largest absolute Gasteiger partial charge is 0.495 e. The van der Waals surface area contributed by atoms with Crippen LogP contribution >= 0.6 is 23.2 Å². The minimum absolute atomic E-state index is 0.127. The first-order valence-corrected chi connectivity index (χ1v) is 12.5. The minimum atomic E-state index is -0.544. The number of nitrogens with zero attached hydrogens (tertiary/aromatic N) is 3. The Kier molecular flexibility index (Phi) is 10.0. The lowest BCUT2D eigenvalue weighted by molar-refractivity contribution is -0.111. The van der Waals surface area contributed by atoms with E-state index >= 15 is 0 Å². The lowest BCUT2D eigenvalue weighted by Gasteiger charge is -2.24. The molecule has 0 aromatic heterocycles. The number of halogens is 2. The molecule has 0 radical (unpaired) electrons. The molecule has 0 aliphatic carbocycles. The third-order valence-electron chi connectivity index (χ3n) is 5.53. The smallest absolute Gasteiger partial charge is 0.327 e. The molecule has 1 aliphatic heterocycles. The average Bonchev–Trinajstić information content (AvgIpc) is 2.91. The zero-order chi connectivity index (χ0) is 28.7. The number of methoxy groups -OCH3 is 2. The van der Waals surface area contributed by atoms with Gasteiger partial charge in [-0.15, -0.1) is 0 Å². The third-order valence-corrected chi connectivity index (χ3v) is 6.28. The van der Waals surface area contributed by atoms with Gasteiger partial charge in [0, 0.05) is 25.7 Å². The number of hydrogen-bond acceptors (Lipinski definition) is 8. The summed E-state index contributed by atoms with van der Waals surface area (Å²) in [6.45, 7) is 4.42. The molecule has 13 heteroatoms. The fourth-order valence-electron chi connectivity index (χ4n) is 3.60. The van der Waals surface area contributed by atoms with E-state index in [1.165, 1.54) is 31.3 Å². The van der Waals surface area contributed by atoms with Crippen LogP contribution in [0, 0.1) is 0 Å². The van der Waals surface area contributed by atoms with Crippen LogP contribution in [-0.2, 0) is 11.3 Å². The summed E-state index contributed by atoms with van der Waals surface area (Å²) >= 11 is 12.8. The van der Waals surface area contributed by atoms with E-state index in [-0.39, 0.29) is 39.8 Å². The molecule has 0 fully saturated rings. The molecule has 0 spiro atoms. The molecule has 39 heavy (non-hydrogen) atoms. The van der Waals surface area contributed by atoms with Crippen LogP contribution < -0.4 is 30.7 Å². The molecule has 2 aromatic carbocycles. The van der Waals surface area contributed by atoms with Crippen molar-refractivity contribution in [1.29, 1.82) is 0 Å². The topological polar surface area (TPSA) is 120 Å². The van der Waals surface area contributed by atoms with Gasteiger partial charge in [-0.25, -0.2) is 9.79 Å². The monoisotopic (exact) mass is 575 g/mol. The molecule has 0 saturated carbocycles. The van der Waals surface area contributed by atoms with Gasteiger partial charge in [-0.2, -0.15) is 0 Å². The SMILES string of the molecule is C=CC(=O)Nc1cc(CN(C)C)ccc1NC1=CC(N(C)C(=O)Nc2c(Cl)c(OC)cc(OC)c2Cl)=NCN1. The molecule has 0 unspecified atom stereocenters. The summed E-state index contributed by atoms with van der Waals surface area (Å²) in [5.41, 5.74) is 2.37. The minimum Gasteiger partial charge on any atom is -0.495 e. The summed E-state index contributed by atoms with van der Waals surface area (Å²) < 4.78 is 10.5. The molecular weight excluding hydrogens is 545 g/mol. The molecule has 1 aliphatic rings. The van der Waals surface area contributed by atoms with Crippen LogP contribution in [0.4, 0.5) is 21.9 Å². The number of carbonyl (C=O) groups is 2. The van der Waals surface area contributed by atoms with Crippen molar-refractivity contribution in [3.05, 3.63) is 64.4 Å². The Labute approximate surface area is 237 Å². The molecular formula is C26H31Cl2N7O4. The van der Waals surface area contributed by atoms with Crippen LogP contribution in [0.5, 0.6) is 11.5 Å². The third kappa shape index (κ3) is 7.34. The van der Waals surface area contributed by atoms with E-state index in [0.29, 0.717) is 29.6 Å². The number of aliphatic imine (C=N–C) groups is 1. The first-order valence-electron chi connectivity index (χ1n) is 11.7. The summed E-state index contributed by atoms with van der Waals surface area (Å²) in [4.78, 5) is 32.9. The van der Waals surface area contributed by atoms with Crippen LogP contribution in [0.1, 0.15) is 5.56 Å². The Balaban J connectivity index is 1.82. The van der Waals surface area contributed by atoms with Gasteiger partial charge in [0.05, 0.1) is 31.3 Å². The Bertz CT molecular complexity index is 1300. The molecule has 0 atom stereocenters. The van der Waals surface area contributed by atoms with Crippen LogP contribution in [0.2, 0.25) is 10.0 Å². The Morgan fingerprint density at radius 1 is 1.08 bits per heavy atom. The van der Waals surface area contributed by atoms with Gasteiger partial charge in [-0.05, 0) is 37.9 Å². The first-order chi connectivity index (χ1) is 18.6. The molecule has 0 bridgehead atoms. The highest BCUT2D eigenvalue weighted by molar-refractivity contribution is 6.41. The number of carbonyl (C=O) groups excluding carboxylic acids is 2. The highest BCUT2D eigenvalue weighted by atomic mass is 35.5. The fraction of sp³-hybridized carbons (Fsp3) is 0.269. The number of hydrogen-bond donors (Lipinski definition) is 4. The number of amides is 3. The number of amidine groups is 1. The summed E-state index contributed by atoms with van der Waals surface area (Å²) in [5.74, 6) is 1.16. The molecule has 4 N–H and O–H groups in total. The lowest BCUT2D eigenvalue weighted by atomic mass is 10.1. The van der Waals surface area contributed by atoms with Crippen LogP contribution in [0.3, 0.4) is 0 Å². The number of nitrogens with one attached hydrogen (secondary N) is 4. The number of rotatable bonds is 9. The van der Waals surface area contributed by atoms with Crippen LogP contribution in [0.15, 0.2) is 53.8 Å². The van der Waals surface area contributed by atoms with Crippen molar-refractivity contribution < 1.29 is 19.1 Å². The van der Waals surface area contributed by atoms with Gasteiger partial charge < -0.3 is 35.6 Å². The van der Waals surface area contributed by atoms with E-state index < -0.39 is 6.03 Å². The van der Waals surface area contributed by atoms with Crippen molar-refractivity contribution in [2.75, 3.05) is 58.0 Å². The lowest BCUT2D eigenvalue weighted by Crippen LogP contribution is -2.39. The molecule has 208 valence electrons. The summed E-state index contributed by atoms with van der Waals surface area (Å²) in [6.07, 6.45) is 2.86. The normalized spacial score (nSPS) is 12.5. The first kappa shape index (κ1) is 29.6. The summed E-state index contributed by atoms with van der Waals surface area (Å²) in [5, 5.41) is 12.2. The van der Waals surface area contributed by atoms with Crippen molar-refractivity contribution in [2.45, 2.75) is 6.54 Å². The summed E-state index contributed by atoms with van der Waals surface area (Å²) in [6, 6.07) is 6.69. The number of anilines is 3. The molecule has 3 amide bonds. The predicted molar refractivity (Wildman–Crippen MR) is 156 cm³/mol. The zero-order valence-corrected chi connectivity index (χ0v) is 23.8. The zero-order valence-electron chi connectivity index (χ0n) is 22.3. The van der Waals surface area contributed by atoms with Crippen molar-refractivity contribution in [2.24, 2.45) is 4.99 Å². The van der Waals surface area contributed by atoms with E-state index in [2.05, 4.69) is 32.8 Å². The second kappa shape index (κ2) is 13.2. The van der Waals surface area contributed by atoms with E-state index in [1.807, 2.05) is 37.2 Å². The average molecular weight is 576 g/mol. The van der Waals surface area contributed by atoms with Crippen LogP contribution in [-0.4, -0.2) is 69.6 Å². The number of urea groups is 1. The van der Waals surface area contributed by atoms with Crippen molar-refractivity contribution in [3.8, 4) is 11.5 Å². The van der Waals surface area contributed by atoms with Crippen molar-refractivity contribution in [3.63, 3.8) is 0 Å². The highest BCUT2D eigenvalue weighted by Crippen LogP contribution is 2.44. The Hall–Kier alpha value is -3.93. The summed E-state index contributed by atoms with van der Waals surface area (Å²) in [7, 11) is 8.37. The Morgan fingerprint density at radius 2 is 1.74 bits per heavy atom. The molecule has 0 saturated heterocycles. The molecule has 11 nitrogen and oxygen atoms in total. The fourth-order valence-corrected chi connectivity index (χ4v) is 4.20. The van der Waals surface area contributed by atoms with Gasteiger partial charge >= 0.3 is 6.03 Å². The maximum Gasteiger partial charge on any atom is 0.327 e. The molecule has 2 aromatic rings. The number of ether oxygens (including phenoxy) is 2. The van der Waals surface area contributed by atoms with Gasteiger partial charge in [0.2, 0.25) is 5.91 Å². The number of benzene rings is 2. The Morgan fingerprint density at radius 3 is 2.33 bits per heavy atom. The van der Waals surface area contributed by atoms with Crippen molar-refractivity contribution >= 4 is 58.0 Å². The second-order valence-electron chi connectivity index (χ2n) is 8.62.